The Morgan fingerprint density at radius 1 is 1.35 bits per heavy atom. The van der Waals surface area contributed by atoms with E-state index in [0.717, 1.165) is 0 Å². The number of halogens is 3. The van der Waals surface area contributed by atoms with Gasteiger partial charge in [0.05, 0.1) is 16.1 Å². The Labute approximate surface area is 123 Å². The van der Waals surface area contributed by atoms with Crippen LogP contribution in [0.2, 0.25) is 0 Å². The third-order valence-electron chi connectivity index (χ3n) is 1.84. The highest BCUT2D eigenvalue weighted by Gasteiger charge is 2.16. The number of benzene rings is 1. The highest BCUT2D eigenvalue weighted by Crippen LogP contribution is 2.39. The van der Waals surface area contributed by atoms with Crippen molar-refractivity contribution in [3.8, 4) is 5.75 Å². The van der Waals surface area contributed by atoms with E-state index in [1.54, 1.807) is 6.07 Å². The van der Waals surface area contributed by atoms with Gasteiger partial charge in [0.2, 0.25) is 0 Å². The molecule has 0 saturated carbocycles. The van der Waals surface area contributed by atoms with Gasteiger partial charge in [-0.1, -0.05) is 0 Å². The number of ether oxygens (including phenoxy) is 2. The summed E-state index contributed by atoms with van der Waals surface area (Å²) in [5, 5.41) is 0. The summed E-state index contributed by atoms with van der Waals surface area (Å²) in [4.78, 5) is 21.9. The number of esters is 1. The van der Waals surface area contributed by atoms with E-state index >= 15 is 0 Å². The Bertz CT molecular complexity index is 459. The van der Waals surface area contributed by atoms with Crippen molar-refractivity contribution >= 4 is 60.0 Å². The molecule has 0 unspecified atom stereocenters. The van der Waals surface area contributed by atoms with Crippen molar-refractivity contribution in [3.63, 3.8) is 0 Å². The molecule has 0 spiro atoms. The zero-order valence-electron chi connectivity index (χ0n) is 8.63. The molecule has 4 nitrogen and oxygen atoms in total. The Kier molecular flexibility index (Phi) is 5.61. The van der Waals surface area contributed by atoms with Crippen LogP contribution in [0.4, 0.5) is 0 Å². The molecule has 0 amide bonds. The molecule has 0 heterocycles. The van der Waals surface area contributed by atoms with Gasteiger partial charge in [0.25, 0.3) is 0 Å². The fourth-order valence-corrected chi connectivity index (χ4v) is 3.55. The summed E-state index contributed by atoms with van der Waals surface area (Å²) < 4.78 is 11.4. The summed E-state index contributed by atoms with van der Waals surface area (Å²) in [6.45, 7) is -0.229. The minimum absolute atomic E-state index is 0.229. The molecule has 92 valence electrons. The molecule has 0 aromatic heterocycles. The topological polar surface area (TPSA) is 52.6 Å². The van der Waals surface area contributed by atoms with Crippen molar-refractivity contribution in [2.24, 2.45) is 0 Å². The van der Waals surface area contributed by atoms with Crippen LogP contribution in [-0.2, 0) is 9.53 Å². The third-order valence-corrected chi connectivity index (χ3v) is 3.88. The molecule has 17 heavy (non-hydrogen) atoms. The van der Waals surface area contributed by atoms with E-state index in [2.05, 4.69) is 52.5 Å². The van der Waals surface area contributed by atoms with Crippen molar-refractivity contribution in [1.82, 2.24) is 0 Å². The lowest BCUT2D eigenvalue weighted by molar-refractivity contribution is -0.142. The van der Waals surface area contributed by atoms with E-state index in [4.69, 9.17) is 4.74 Å². The van der Waals surface area contributed by atoms with Crippen LogP contribution in [0.15, 0.2) is 19.5 Å². The second kappa shape index (κ2) is 6.51. The van der Waals surface area contributed by atoms with Gasteiger partial charge in [0.1, 0.15) is 5.75 Å². The second-order valence-electron chi connectivity index (χ2n) is 2.88. The molecular formula is C10H7Br3O4. The largest absolute Gasteiger partial charge is 0.480 e. The average molecular weight is 431 g/mol. The van der Waals surface area contributed by atoms with Crippen LogP contribution in [0.5, 0.6) is 5.75 Å². The van der Waals surface area contributed by atoms with Gasteiger partial charge < -0.3 is 9.47 Å². The number of methoxy groups -OCH3 is 1. The molecule has 0 saturated heterocycles. The molecule has 1 rings (SSSR count). The number of rotatable bonds is 4. The molecule has 0 fully saturated rings. The summed E-state index contributed by atoms with van der Waals surface area (Å²) in [6, 6.07) is 1.67. The maximum atomic E-state index is 11.0. The molecule has 7 heteroatoms. The summed E-state index contributed by atoms with van der Waals surface area (Å²) >= 11 is 9.77. The Balaban J connectivity index is 3.07. The van der Waals surface area contributed by atoms with Gasteiger partial charge in [-0.05, 0) is 53.9 Å². The van der Waals surface area contributed by atoms with Crippen molar-refractivity contribution in [3.05, 3.63) is 25.0 Å². The Morgan fingerprint density at radius 3 is 2.53 bits per heavy atom. The summed E-state index contributed by atoms with van der Waals surface area (Å²) in [7, 11) is 1.27. The van der Waals surface area contributed by atoms with Crippen LogP contribution in [0.25, 0.3) is 0 Å². The van der Waals surface area contributed by atoms with E-state index in [-0.39, 0.29) is 6.61 Å². The molecule has 0 bridgehead atoms. The van der Waals surface area contributed by atoms with Gasteiger partial charge >= 0.3 is 5.97 Å². The standard InChI is InChI=1S/C10H7Br3O4/c1-16-8(15)4-17-10-7(12)2-6(11)5(3-14)9(10)13/h2-3H,4H2,1H3. The van der Waals surface area contributed by atoms with Gasteiger partial charge in [0.15, 0.2) is 12.9 Å². The van der Waals surface area contributed by atoms with E-state index in [0.29, 0.717) is 31.0 Å². The maximum Gasteiger partial charge on any atom is 0.343 e. The molecule has 0 atom stereocenters. The first kappa shape index (κ1) is 14.7. The second-order valence-corrected chi connectivity index (χ2v) is 5.38. The minimum Gasteiger partial charge on any atom is -0.480 e. The van der Waals surface area contributed by atoms with Crippen LogP contribution >= 0.6 is 47.8 Å². The maximum absolute atomic E-state index is 11.0. The van der Waals surface area contributed by atoms with Crippen molar-refractivity contribution in [1.29, 1.82) is 0 Å². The number of aldehydes is 1. The zero-order valence-corrected chi connectivity index (χ0v) is 13.4. The quantitative estimate of drug-likeness (QED) is 0.543. The molecule has 0 N–H and O–H groups in total. The third kappa shape index (κ3) is 3.53. The average Bonchev–Trinajstić information content (AvgIpc) is 2.28. The van der Waals surface area contributed by atoms with Crippen molar-refractivity contribution < 1.29 is 19.1 Å². The van der Waals surface area contributed by atoms with Crippen LogP contribution < -0.4 is 4.74 Å². The van der Waals surface area contributed by atoms with E-state index in [9.17, 15) is 9.59 Å². The molecule has 1 aromatic rings. The number of carbonyl (C=O) groups excluding carboxylic acids is 2. The predicted octanol–water partition coefficient (Wildman–Crippen LogP) is 3.34. The number of hydrogen-bond donors (Lipinski definition) is 0. The first-order valence-electron chi connectivity index (χ1n) is 4.33. The van der Waals surface area contributed by atoms with Gasteiger partial charge in [0, 0.05) is 10.0 Å². The van der Waals surface area contributed by atoms with E-state index in [1.165, 1.54) is 7.11 Å². The SMILES string of the molecule is COC(=O)COc1c(Br)cc(Br)c(C=O)c1Br. The zero-order chi connectivity index (χ0) is 13.0. The Hall–Kier alpha value is -0.400. The first-order chi connectivity index (χ1) is 8.01. The fraction of sp³-hybridized carbons (Fsp3) is 0.200. The Morgan fingerprint density at radius 2 is 2.00 bits per heavy atom. The van der Waals surface area contributed by atoms with E-state index < -0.39 is 5.97 Å². The fourth-order valence-electron chi connectivity index (χ4n) is 1.02. The smallest absolute Gasteiger partial charge is 0.343 e. The molecular weight excluding hydrogens is 424 g/mol. The molecule has 1 aromatic carbocycles. The summed E-state index contributed by atoms with van der Waals surface area (Å²) in [5.41, 5.74) is 0.410. The molecule has 0 aliphatic heterocycles. The van der Waals surface area contributed by atoms with Gasteiger partial charge in [-0.3, -0.25) is 4.79 Å². The number of carbonyl (C=O) groups is 2. The highest BCUT2D eigenvalue weighted by atomic mass is 79.9. The van der Waals surface area contributed by atoms with Crippen LogP contribution in [0.3, 0.4) is 0 Å². The van der Waals surface area contributed by atoms with E-state index in [1.807, 2.05) is 0 Å². The van der Waals surface area contributed by atoms with Crippen molar-refractivity contribution in [2.75, 3.05) is 13.7 Å². The highest BCUT2D eigenvalue weighted by molar-refractivity contribution is 9.11. The summed E-state index contributed by atoms with van der Waals surface area (Å²) in [5.74, 6) is -0.125. The van der Waals surface area contributed by atoms with Crippen LogP contribution in [0, 0.1) is 0 Å². The predicted molar refractivity (Wildman–Crippen MR) is 72.4 cm³/mol. The number of hydrogen-bond acceptors (Lipinski definition) is 4. The first-order valence-corrected chi connectivity index (χ1v) is 6.71. The molecule has 0 aliphatic rings. The van der Waals surface area contributed by atoms with Crippen molar-refractivity contribution in [2.45, 2.75) is 0 Å². The van der Waals surface area contributed by atoms with Crippen LogP contribution in [-0.4, -0.2) is 26.0 Å². The lowest BCUT2D eigenvalue weighted by Crippen LogP contribution is -2.13. The summed E-state index contributed by atoms with van der Waals surface area (Å²) in [6.07, 6.45) is 0.686. The van der Waals surface area contributed by atoms with Crippen LogP contribution in [0.1, 0.15) is 10.4 Å². The minimum atomic E-state index is -0.501. The lowest BCUT2D eigenvalue weighted by atomic mass is 10.2. The lowest BCUT2D eigenvalue weighted by Gasteiger charge is -2.11. The molecule has 0 radical (unpaired) electrons. The van der Waals surface area contributed by atoms with Gasteiger partial charge in [-0.15, -0.1) is 0 Å². The normalized spacial score (nSPS) is 9.88. The van der Waals surface area contributed by atoms with Gasteiger partial charge in [-0.2, -0.15) is 0 Å². The monoisotopic (exact) mass is 428 g/mol. The molecule has 0 aliphatic carbocycles. The van der Waals surface area contributed by atoms with Gasteiger partial charge in [-0.25, -0.2) is 4.79 Å².